The summed E-state index contributed by atoms with van der Waals surface area (Å²) in [4.78, 5) is 12.4. The lowest BCUT2D eigenvalue weighted by Crippen LogP contribution is -2.56. The zero-order valence-electron chi connectivity index (χ0n) is 12.9. The van der Waals surface area contributed by atoms with Gasteiger partial charge in [0.2, 0.25) is 5.91 Å². The van der Waals surface area contributed by atoms with Crippen LogP contribution >= 0.6 is 0 Å². The molecule has 1 amide bonds. The minimum absolute atomic E-state index is 0.0725. The van der Waals surface area contributed by atoms with Gasteiger partial charge in [0.15, 0.2) is 0 Å². The zero-order valence-corrected chi connectivity index (χ0v) is 12.9. The first-order chi connectivity index (χ1) is 9.72. The molecule has 3 aliphatic rings. The Morgan fingerprint density at radius 2 is 1.95 bits per heavy atom. The molecule has 3 heteroatoms. The molecular formula is C17H30N2O. The summed E-state index contributed by atoms with van der Waals surface area (Å²) in [5.74, 6) is 1.09. The Hall–Kier alpha value is -0.570. The van der Waals surface area contributed by atoms with Crippen LogP contribution in [0.3, 0.4) is 0 Å². The van der Waals surface area contributed by atoms with E-state index >= 15 is 0 Å². The van der Waals surface area contributed by atoms with Crippen LogP contribution < -0.4 is 10.6 Å². The van der Waals surface area contributed by atoms with E-state index in [1.807, 2.05) is 0 Å². The van der Waals surface area contributed by atoms with Crippen molar-refractivity contribution in [2.45, 2.75) is 83.2 Å². The summed E-state index contributed by atoms with van der Waals surface area (Å²) in [6.07, 6.45) is 12.8. The van der Waals surface area contributed by atoms with Gasteiger partial charge in [0, 0.05) is 12.6 Å². The number of hydrogen-bond donors (Lipinski definition) is 2. The van der Waals surface area contributed by atoms with Crippen LogP contribution in [0.4, 0.5) is 0 Å². The first kappa shape index (κ1) is 14.4. The van der Waals surface area contributed by atoms with Crippen molar-refractivity contribution in [2.75, 3.05) is 6.54 Å². The Kier molecular flexibility index (Phi) is 4.34. The average molecular weight is 278 g/mol. The van der Waals surface area contributed by atoms with E-state index in [2.05, 4.69) is 17.6 Å². The van der Waals surface area contributed by atoms with Crippen LogP contribution in [0.2, 0.25) is 0 Å². The van der Waals surface area contributed by atoms with Gasteiger partial charge in [-0.1, -0.05) is 26.2 Å². The summed E-state index contributed by atoms with van der Waals surface area (Å²) in [7, 11) is 0. The van der Waals surface area contributed by atoms with Gasteiger partial charge < -0.3 is 10.6 Å². The molecule has 0 aromatic heterocycles. The lowest BCUT2D eigenvalue weighted by atomic mass is 9.67. The summed E-state index contributed by atoms with van der Waals surface area (Å²) >= 11 is 0. The molecule has 3 atom stereocenters. The number of piperidine rings is 1. The first-order valence-corrected chi connectivity index (χ1v) is 8.76. The van der Waals surface area contributed by atoms with Gasteiger partial charge in [0.25, 0.3) is 0 Å². The third kappa shape index (κ3) is 2.88. The van der Waals surface area contributed by atoms with Crippen LogP contribution in [0.5, 0.6) is 0 Å². The lowest BCUT2D eigenvalue weighted by molar-refractivity contribution is -0.125. The van der Waals surface area contributed by atoms with Crippen molar-refractivity contribution >= 4 is 5.91 Å². The van der Waals surface area contributed by atoms with Crippen LogP contribution in [-0.2, 0) is 4.79 Å². The summed E-state index contributed by atoms with van der Waals surface area (Å²) in [6.45, 7) is 3.16. The number of carbonyl (C=O) groups is 1. The number of fused-ring (bicyclic) bond motifs is 1. The number of amides is 1. The molecule has 3 fully saturated rings. The summed E-state index contributed by atoms with van der Waals surface area (Å²) in [6, 6.07) is 0.681. The highest BCUT2D eigenvalue weighted by molar-refractivity contribution is 5.81. The molecule has 3 unspecified atom stereocenters. The number of nitrogens with one attached hydrogen (secondary N) is 2. The molecule has 0 aromatic rings. The molecule has 20 heavy (non-hydrogen) atoms. The highest BCUT2D eigenvalue weighted by Gasteiger charge is 2.37. The molecule has 3 rings (SSSR count). The molecule has 1 saturated heterocycles. The smallest absolute Gasteiger partial charge is 0.237 e. The van der Waals surface area contributed by atoms with Crippen LogP contribution in [0.1, 0.15) is 71.1 Å². The molecule has 2 saturated carbocycles. The maximum atomic E-state index is 12.4. The van der Waals surface area contributed by atoms with Crippen molar-refractivity contribution in [2.24, 2.45) is 11.3 Å². The fourth-order valence-corrected chi connectivity index (χ4v) is 4.43. The van der Waals surface area contributed by atoms with Gasteiger partial charge in [-0.2, -0.15) is 0 Å². The molecule has 2 aliphatic carbocycles. The summed E-state index contributed by atoms with van der Waals surface area (Å²) in [5.41, 5.74) is 0.428. The Balaban J connectivity index is 1.47. The minimum Gasteiger partial charge on any atom is -0.354 e. The van der Waals surface area contributed by atoms with Crippen molar-refractivity contribution in [1.29, 1.82) is 0 Å². The first-order valence-electron chi connectivity index (χ1n) is 8.76. The Labute approximate surface area is 123 Å². The van der Waals surface area contributed by atoms with Crippen molar-refractivity contribution in [1.82, 2.24) is 10.6 Å². The monoisotopic (exact) mass is 278 g/mol. The van der Waals surface area contributed by atoms with Crippen LogP contribution in [-0.4, -0.2) is 24.5 Å². The van der Waals surface area contributed by atoms with Crippen molar-refractivity contribution in [3.05, 3.63) is 0 Å². The van der Waals surface area contributed by atoms with E-state index < -0.39 is 0 Å². The van der Waals surface area contributed by atoms with Crippen LogP contribution in [0, 0.1) is 11.3 Å². The fraction of sp³-hybridized carbons (Fsp3) is 0.941. The summed E-state index contributed by atoms with van der Waals surface area (Å²) < 4.78 is 0. The standard InChI is InChI=1S/C17H30N2O/c1-2-17(10-5-11-17)12-18-16(20)15-9-8-13-6-3-4-7-14(13)19-15/h13-15,19H,2-12H2,1H3,(H,18,20). The molecule has 0 spiro atoms. The third-order valence-electron chi connectivity index (χ3n) is 6.27. The SMILES string of the molecule is CCC1(CNC(=O)C2CCC3CCCCC3N2)CCC1. The third-order valence-corrected chi connectivity index (χ3v) is 6.27. The van der Waals surface area contributed by atoms with Gasteiger partial charge in [-0.25, -0.2) is 0 Å². The molecule has 0 aromatic carbocycles. The molecule has 2 N–H and O–H groups in total. The van der Waals surface area contributed by atoms with E-state index in [0.29, 0.717) is 11.5 Å². The second-order valence-electron chi connectivity index (χ2n) is 7.37. The van der Waals surface area contributed by atoms with E-state index in [4.69, 9.17) is 0 Å². The van der Waals surface area contributed by atoms with Crippen LogP contribution in [0.25, 0.3) is 0 Å². The normalized spacial score (nSPS) is 35.8. The van der Waals surface area contributed by atoms with Gasteiger partial charge in [0.1, 0.15) is 0 Å². The maximum Gasteiger partial charge on any atom is 0.237 e. The molecule has 3 nitrogen and oxygen atoms in total. The van der Waals surface area contributed by atoms with E-state index in [1.165, 1.54) is 57.8 Å². The number of rotatable bonds is 4. The average Bonchev–Trinajstić information content (AvgIpc) is 2.46. The Bertz CT molecular complexity index is 345. The topological polar surface area (TPSA) is 41.1 Å². The maximum absolute atomic E-state index is 12.4. The van der Waals surface area contributed by atoms with E-state index in [0.717, 1.165) is 18.9 Å². The Morgan fingerprint density at radius 3 is 2.65 bits per heavy atom. The van der Waals surface area contributed by atoms with Gasteiger partial charge in [-0.3, -0.25) is 4.79 Å². The minimum atomic E-state index is 0.0725. The molecule has 0 bridgehead atoms. The Morgan fingerprint density at radius 1 is 1.15 bits per heavy atom. The summed E-state index contributed by atoms with van der Waals surface area (Å²) in [5, 5.41) is 6.87. The second kappa shape index (κ2) is 6.05. The van der Waals surface area contributed by atoms with E-state index in [-0.39, 0.29) is 11.9 Å². The van der Waals surface area contributed by atoms with E-state index in [1.54, 1.807) is 0 Å². The van der Waals surface area contributed by atoms with Gasteiger partial charge in [-0.15, -0.1) is 0 Å². The quantitative estimate of drug-likeness (QED) is 0.830. The molecule has 0 radical (unpaired) electrons. The number of carbonyl (C=O) groups excluding carboxylic acids is 1. The highest BCUT2D eigenvalue weighted by Crippen LogP contribution is 2.43. The molecule has 1 aliphatic heterocycles. The van der Waals surface area contributed by atoms with Gasteiger partial charge in [0.05, 0.1) is 6.04 Å². The largest absolute Gasteiger partial charge is 0.354 e. The van der Waals surface area contributed by atoms with Crippen molar-refractivity contribution < 1.29 is 4.79 Å². The van der Waals surface area contributed by atoms with E-state index in [9.17, 15) is 4.79 Å². The highest BCUT2D eigenvalue weighted by atomic mass is 16.2. The zero-order chi connectivity index (χ0) is 14.0. The molecular weight excluding hydrogens is 248 g/mol. The van der Waals surface area contributed by atoms with Gasteiger partial charge in [-0.05, 0) is 56.3 Å². The fourth-order valence-electron chi connectivity index (χ4n) is 4.43. The molecule has 114 valence electrons. The number of hydrogen-bond acceptors (Lipinski definition) is 2. The second-order valence-corrected chi connectivity index (χ2v) is 7.37. The molecule has 1 heterocycles. The van der Waals surface area contributed by atoms with Crippen molar-refractivity contribution in [3.63, 3.8) is 0 Å². The van der Waals surface area contributed by atoms with Gasteiger partial charge >= 0.3 is 0 Å². The predicted molar refractivity (Wildman–Crippen MR) is 81.5 cm³/mol. The predicted octanol–water partition coefficient (Wildman–Crippen LogP) is 2.99. The lowest BCUT2D eigenvalue weighted by Gasteiger charge is -2.43. The van der Waals surface area contributed by atoms with Crippen molar-refractivity contribution in [3.8, 4) is 0 Å². The van der Waals surface area contributed by atoms with Crippen LogP contribution in [0.15, 0.2) is 0 Å².